The first-order valence-corrected chi connectivity index (χ1v) is 16.1. The Bertz CT molecular complexity index is 1360. The molecular formula is C40H56O4. The summed E-state index contributed by atoms with van der Waals surface area (Å²) in [5.74, 6) is 0.0831. The first-order valence-electron chi connectivity index (χ1n) is 16.1. The van der Waals surface area contributed by atoms with Gasteiger partial charge in [-0.3, -0.25) is 4.79 Å². The SMILES string of the molecule is CC(=C/C=C/C(C)=C/C=C/C=C(C)/C=C/C=C(C)/C=C/C(=O)[C@@]1(C)C[C@H](O)CC1(C)C)/C=C/[C@@]12O[C@]1(C)C[C@@H](O)CC2(C)C. The standard InChI is InChI=1S/C40H56O4/c1-29(17-13-19-31(3)21-22-35(43)38(9)27-33(41)25-36(38,5)6)15-11-12-16-30(2)18-14-20-32(4)23-24-40-37(7,8)26-34(42)28-39(40,10)44-40/h11-24,33-34,41-42H,25-28H2,1-10H3/b12-11+,17-13+,18-14+,22-21+,24-23+,29-15+,30-16+,31-19+,32-20-/t33-,34+,38-,39-,40+/m1/s1. The highest BCUT2D eigenvalue weighted by Gasteiger charge is 2.74. The van der Waals surface area contributed by atoms with Gasteiger partial charge in [-0.25, -0.2) is 0 Å². The molecule has 2 saturated carbocycles. The maximum Gasteiger partial charge on any atom is 0.162 e. The summed E-state index contributed by atoms with van der Waals surface area (Å²) >= 11 is 0. The Hall–Kier alpha value is -2.79. The average molecular weight is 601 g/mol. The fourth-order valence-corrected chi connectivity index (χ4v) is 7.12. The van der Waals surface area contributed by atoms with Crippen LogP contribution in [0.3, 0.4) is 0 Å². The van der Waals surface area contributed by atoms with Crippen LogP contribution < -0.4 is 0 Å². The average Bonchev–Trinajstić information content (AvgIpc) is 3.46. The van der Waals surface area contributed by atoms with E-state index < -0.39 is 11.5 Å². The van der Waals surface area contributed by atoms with E-state index in [0.717, 1.165) is 28.7 Å². The molecule has 3 fully saturated rings. The first-order chi connectivity index (χ1) is 20.4. The topological polar surface area (TPSA) is 70.1 Å². The summed E-state index contributed by atoms with van der Waals surface area (Å²) in [5, 5.41) is 20.4. The number of carbonyl (C=O) groups is 1. The van der Waals surface area contributed by atoms with Crippen molar-refractivity contribution in [3.8, 4) is 0 Å². The summed E-state index contributed by atoms with van der Waals surface area (Å²) in [5.41, 5.74) is 2.99. The number of carbonyl (C=O) groups excluding carboxylic acids is 1. The molecule has 4 heteroatoms. The maximum atomic E-state index is 12.9. The second kappa shape index (κ2) is 13.7. The smallest absolute Gasteiger partial charge is 0.162 e. The van der Waals surface area contributed by atoms with Crippen molar-refractivity contribution in [3.05, 3.63) is 107 Å². The fourth-order valence-electron chi connectivity index (χ4n) is 7.12. The summed E-state index contributed by atoms with van der Waals surface area (Å²) in [4.78, 5) is 12.9. The van der Waals surface area contributed by atoms with Crippen LogP contribution in [0, 0.1) is 16.2 Å². The van der Waals surface area contributed by atoms with E-state index in [0.29, 0.717) is 19.3 Å². The van der Waals surface area contributed by atoms with Gasteiger partial charge in [-0.1, -0.05) is 130 Å². The van der Waals surface area contributed by atoms with Gasteiger partial charge in [-0.2, -0.15) is 0 Å². The summed E-state index contributed by atoms with van der Waals surface area (Å²) in [6, 6.07) is 0. The molecule has 3 rings (SSSR count). The minimum atomic E-state index is -0.534. The van der Waals surface area contributed by atoms with Crippen LogP contribution in [0.15, 0.2) is 107 Å². The van der Waals surface area contributed by atoms with Gasteiger partial charge < -0.3 is 14.9 Å². The van der Waals surface area contributed by atoms with Gasteiger partial charge in [0.25, 0.3) is 0 Å². The van der Waals surface area contributed by atoms with Gasteiger partial charge in [0, 0.05) is 17.3 Å². The molecule has 4 nitrogen and oxygen atoms in total. The minimum Gasteiger partial charge on any atom is -0.393 e. The third-order valence-corrected chi connectivity index (χ3v) is 10.3. The summed E-state index contributed by atoms with van der Waals surface area (Å²) in [7, 11) is 0. The van der Waals surface area contributed by atoms with Crippen molar-refractivity contribution >= 4 is 5.78 Å². The van der Waals surface area contributed by atoms with Crippen LogP contribution in [0.25, 0.3) is 0 Å². The third-order valence-electron chi connectivity index (χ3n) is 10.3. The number of ketones is 1. The quantitative estimate of drug-likeness (QED) is 0.141. The number of hydrogen-bond donors (Lipinski definition) is 2. The number of aliphatic hydroxyl groups excluding tert-OH is 2. The molecule has 0 amide bonds. The zero-order valence-electron chi connectivity index (χ0n) is 28.8. The third kappa shape index (κ3) is 8.07. The molecule has 240 valence electrons. The zero-order chi connectivity index (χ0) is 33.0. The van der Waals surface area contributed by atoms with E-state index in [1.165, 1.54) is 0 Å². The molecule has 0 aromatic carbocycles. The molecule has 0 spiro atoms. The van der Waals surface area contributed by atoms with E-state index in [1.807, 2.05) is 50.3 Å². The maximum absolute atomic E-state index is 12.9. The van der Waals surface area contributed by atoms with Gasteiger partial charge in [-0.05, 0) is 71.4 Å². The molecule has 2 aliphatic carbocycles. The van der Waals surface area contributed by atoms with E-state index >= 15 is 0 Å². The number of aliphatic hydroxyl groups is 2. The van der Waals surface area contributed by atoms with Crippen molar-refractivity contribution in [1.82, 2.24) is 0 Å². The second-order valence-electron chi connectivity index (χ2n) is 15.1. The van der Waals surface area contributed by atoms with Crippen molar-refractivity contribution in [2.24, 2.45) is 16.2 Å². The van der Waals surface area contributed by atoms with E-state index in [2.05, 4.69) is 97.9 Å². The number of hydrogen-bond acceptors (Lipinski definition) is 4. The molecule has 3 aliphatic rings. The normalized spacial score (nSPS) is 34.7. The van der Waals surface area contributed by atoms with Crippen LogP contribution in [0.5, 0.6) is 0 Å². The van der Waals surface area contributed by atoms with Gasteiger partial charge in [-0.15, -0.1) is 0 Å². The predicted octanol–water partition coefficient (Wildman–Crippen LogP) is 9.02. The Labute approximate surface area is 267 Å². The van der Waals surface area contributed by atoms with Crippen molar-refractivity contribution in [1.29, 1.82) is 0 Å². The summed E-state index contributed by atoms with van der Waals surface area (Å²) in [6.45, 7) is 20.8. The van der Waals surface area contributed by atoms with Crippen LogP contribution in [-0.2, 0) is 9.53 Å². The highest BCUT2D eigenvalue weighted by atomic mass is 16.6. The molecule has 1 heterocycles. The molecule has 1 saturated heterocycles. The van der Waals surface area contributed by atoms with Gasteiger partial charge in [0.15, 0.2) is 5.78 Å². The molecule has 44 heavy (non-hydrogen) atoms. The van der Waals surface area contributed by atoms with Crippen molar-refractivity contribution < 1.29 is 19.7 Å². The Kier molecular flexibility index (Phi) is 11.1. The van der Waals surface area contributed by atoms with E-state index in [1.54, 1.807) is 6.08 Å². The zero-order valence-corrected chi connectivity index (χ0v) is 28.8. The van der Waals surface area contributed by atoms with Gasteiger partial charge >= 0.3 is 0 Å². The van der Waals surface area contributed by atoms with E-state index in [4.69, 9.17) is 4.74 Å². The highest BCUT2D eigenvalue weighted by Crippen LogP contribution is 2.66. The molecule has 0 aromatic rings. The van der Waals surface area contributed by atoms with Gasteiger partial charge in [0.2, 0.25) is 0 Å². The molecule has 0 unspecified atom stereocenters. The highest BCUT2D eigenvalue weighted by molar-refractivity contribution is 5.95. The van der Waals surface area contributed by atoms with Crippen LogP contribution in [0.4, 0.5) is 0 Å². The second-order valence-corrected chi connectivity index (χ2v) is 15.1. The van der Waals surface area contributed by atoms with Gasteiger partial charge in [0.1, 0.15) is 11.2 Å². The number of allylic oxidation sites excluding steroid dienone is 17. The minimum absolute atomic E-state index is 0.0831. The first kappa shape index (κ1) is 35.7. The molecular weight excluding hydrogens is 544 g/mol. The Morgan fingerprint density at radius 1 is 0.591 bits per heavy atom. The van der Waals surface area contributed by atoms with Crippen molar-refractivity contribution in [2.45, 2.75) is 118 Å². The number of epoxide rings is 1. The van der Waals surface area contributed by atoms with Crippen LogP contribution in [0.2, 0.25) is 0 Å². The predicted molar refractivity (Wildman–Crippen MR) is 184 cm³/mol. The molecule has 1 aliphatic heterocycles. The number of rotatable bonds is 11. The lowest BCUT2D eigenvalue weighted by Crippen LogP contribution is -2.46. The number of ether oxygens (including phenoxy) is 1. The van der Waals surface area contributed by atoms with Crippen LogP contribution in [0.1, 0.15) is 94.9 Å². The Morgan fingerprint density at radius 2 is 1.05 bits per heavy atom. The molecule has 0 radical (unpaired) electrons. The lowest BCUT2D eigenvalue weighted by Gasteiger charge is -2.39. The molecule has 0 aromatic heterocycles. The Balaban J connectivity index is 1.48. The Morgan fingerprint density at radius 3 is 1.55 bits per heavy atom. The van der Waals surface area contributed by atoms with Crippen LogP contribution >= 0.6 is 0 Å². The summed E-state index contributed by atoms with van der Waals surface area (Å²) in [6.07, 6.45) is 30.3. The number of fused-ring (bicyclic) bond motifs is 1. The largest absolute Gasteiger partial charge is 0.393 e. The molecule has 5 atom stereocenters. The molecule has 0 bridgehead atoms. The van der Waals surface area contributed by atoms with Gasteiger partial charge in [0.05, 0.1) is 12.2 Å². The summed E-state index contributed by atoms with van der Waals surface area (Å²) < 4.78 is 6.24. The lowest BCUT2D eigenvalue weighted by atomic mass is 9.63. The van der Waals surface area contributed by atoms with Crippen molar-refractivity contribution in [2.75, 3.05) is 0 Å². The monoisotopic (exact) mass is 600 g/mol. The van der Waals surface area contributed by atoms with E-state index in [9.17, 15) is 15.0 Å². The van der Waals surface area contributed by atoms with Crippen molar-refractivity contribution in [3.63, 3.8) is 0 Å². The van der Waals surface area contributed by atoms with Crippen LogP contribution in [-0.4, -0.2) is 39.4 Å². The molecule has 2 N–H and O–H groups in total. The fraction of sp³-hybridized carbons (Fsp3) is 0.525. The van der Waals surface area contributed by atoms with E-state index in [-0.39, 0.29) is 33.9 Å². The lowest BCUT2D eigenvalue weighted by molar-refractivity contribution is -0.127.